The first-order valence-corrected chi connectivity index (χ1v) is 7.32. The van der Waals surface area contributed by atoms with E-state index in [0.717, 1.165) is 25.4 Å². The van der Waals surface area contributed by atoms with Crippen molar-refractivity contribution in [3.8, 4) is 5.75 Å². The van der Waals surface area contributed by atoms with Gasteiger partial charge in [-0.25, -0.2) is 0 Å². The fourth-order valence-electron chi connectivity index (χ4n) is 2.93. The highest BCUT2D eigenvalue weighted by molar-refractivity contribution is 5.36. The van der Waals surface area contributed by atoms with E-state index in [1.165, 1.54) is 30.5 Å². The van der Waals surface area contributed by atoms with Crippen molar-refractivity contribution in [1.82, 2.24) is 10.2 Å². The molecule has 1 unspecified atom stereocenters. The van der Waals surface area contributed by atoms with Crippen LogP contribution in [0.25, 0.3) is 0 Å². The molecule has 1 atom stereocenters. The number of likely N-dealkylation sites (N-methyl/N-ethyl adjacent to an activating group) is 1. The van der Waals surface area contributed by atoms with Crippen LogP contribution in [0.1, 0.15) is 30.9 Å². The fourth-order valence-corrected chi connectivity index (χ4v) is 2.93. The fraction of sp³-hybridized carbons (Fsp3) is 0.625. The molecule has 19 heavy (non-hydrogen) atoms. The van der Waals surface area contributed by atoms with Gasteiger partial charge in [-0.3, -0.25) is 4.90 Å². The van der Waals surface area contributed by atoms with Gasteiger partial charge in [-0.1, -0.05) is 24.6 Å². The first kappa shape index (κ1) is 14.4. The third-order valence-corrected chi connectivity index (χ3v) is 3.83. The van der Waals surface area contributed by atoms with Gasteiger partial charge in [0.15, 0.2) is 0 Å². The molecule has 1 aromatic carbocycles. The highest BCUT2D eigenvalue weighted by Gasteiger charge is 2.19. The van der Waals surface area contributed by atoms with E-state index in [0.29, 0.717) is 6.04 Å². The Morgan fingerprint density at radius 2 is 2.26 bits per heavy atom. The molecule has 2 rings (SSSR count). The minimum atomic E-state index is 0.648. The lowest BCUT2D eigenvalue weighted by Gasteiger charge is -2.33. The number of methoxy groups -OCH3 is 1. The van der Waals surface area contributed by atoms with Gasteiger partial charge in [-0.05, 0) is 38.9 Å². The Kier molecular flexibility index (Phi) is 5.23. The van der Waals surface area contributed by atoms with E-state index in [9.17, 15) is 0 Å². The van der Waals surface area contributed by atoms with Crippen molar-refractivity contribution < 1.29 is 4.74 Å². The van der Waals surface area contributed by atoms with E-state index in [4.69, 9.17) is 4.74 Å². The van der Waals surface area contributed by atoms with Gasteiger partial charge in [0, 0.05) is 24.7 Å². The summed E-state index contributed by atoms with van der Waals surface area (Å²) in [6, 6.07) is 7.08. The normalized spacial score (nSPS) is 20.5. The zero-order valence-corrected chi connectivity index (χ0v) is 12.4. The topological polar surface area (TPSA) is 24.5 Å². The highest BCUT2D eigenvalue weighted by Crippen LogP contribution is 2.23. The Morgan fingerprint density at radius 1 is 1.42 bits per heavy atom. The van der Waals surface area contributed by atoms with E-state index >= 15 is 0 Å². The number of benzene rings is 1. The minimum absolute atomic E-state index is 0.648. The maximum Gasteiger partial charge on any atom is 0.123 e. The lowest BCUT2D eigenvalue weighted by Crippen LogP contribution is -2.45. The lowest BCUT2D eigenvalue weighted by molar-refractivity contribution is 0.183. The first-order chi connectivity index (χ1) is 9.22. The quantitative estimate of drug-likeness (QED) is 0.882. The van der Waals surface area contributed by atoms with E-state index in [1.54, 1.807) is 7.11 Å². The van der Waals surface area contributed by atoms with E-state index in [1.807, 2.05) is 0 Å². The number of nitrogens with one attached hydrogen (secondary N) is 1. The standard InChI is InChI=1S/C16H26N2O/c1-4-17-15-6-5-9-18(12-15)11-14-10-13(2)7-8-16(14)19-3/h7-8,10,15,17H,4-6,9,11-12H2,1-3H3. The van der Waals surface area contributed by atoms with Crippen LogP contribution >= 0.6 is 0 Å². The SMILES string of the molecule is CCNC1CCCN(Cc2cc(C)ccc2OC)C1. The molecule has 3 heteroatoms. The van der Waals surface area contributed by atoms with Crippen LogP contribution in [0.15, 0.2) is 18.2 Å². The second-order valence-electron chi connectivity index (χ2n) is 5.45. The van der Waals surface area contributed by atoms with Crippen molar-refractivity contribution in [3.63, 3.8) is 0 Å². The summed E-state index contributed by atoms with van der Waals surface area (Å²) in [6.45, 7) is 8.71. The highest BCUT2D eigenvalue weighted by atomic mass is 16.5. The average Bonchev–Trinajstić information content (AvgIpc) is 2.40. The molecule has 1 saturated heterocycles. The number of hydrogen-bond acceptors (Lipinski definition) is 3. The summed E-state index contributed by atoms with van der Waals surface area (Å²) < 4.78 is 5.47. The third kappa shape index (κ3) is 3.95. The van der Waals surface area contributed by atoms with Crippen LogP contribution in [0.3, 0.4) is 0 Å². The van der Waals surface area contributed by atoms with Crippen molar-refractivity contribution in [2.24, 2.45) is 0 Å². The summed E-state index contributed by atoms with van der Waals surface area (Å²) >= 11 is 0. The molecule has 0 bridgehead atoms. The van der Waals surface area contributed by atoms with E-state index in [2.05, 4.69) is 42.3 Å². The van der Waals surface area contributed by atoms with Crippen LogP contribution in [0, 0.1) is 6.92 Å². The maximum atomic E-state index is 5.47. The Bertz CT molecular complexity index is 404. The van der Waals surface area contributed by atoms with Gasteiger partial charge >= 0.3 is 0 Å². The van der Waals surface area contributed by atoms with Crippen molar-refractivity contribution in [3.05, 3.63) is 29.3 Å². The predicted octanol–water partition coefficient (Wildman–Crippen LogP) is 2.58. The molecule has 1 fully saturated rings. The van der Waals surface area contributed by atoms with E-state index < -0.39 is 0 Å². The van der Waals surface area contributed by atoms with Gasteiger partial charge in [-0.2, -0.15) is 0 Å². The summed E-state index contributed by atoms with van der Waals surface area (Å²) in [5.41, 5.74) is 2.61. The second kappa shape index (κ2) is 6.92. The number of piperidine rings is 1. The molecule has 106 valence electrons. The molecule has 0 aliphatic carbocycles. The molecule has 0 radical (unpaired) electrons. The summed E-state index contributed by atoms with van der Waals surface area (Å²) in [5.74, 6) is 1.01. The number of hydrogen-bond donors (Lipinski definition) is 1. The average molecular weight is 262 g/mol. The van der Waals surface area contributed by atoms with Crippen molar-refractivity contribution in [2.75, 3.05) is 26.7 Å². The Morgan fingerprint density at radius 3 is 3.00 bits per heavy atom. The zero-order chi connectivity index (χ0) is 13.7. The number of nitrogens with zero attached hydrogens (tertiary/aromatic N) is 1. The summed E-state index contributed by atoms with van der Waals surface area (Å²) in [7, 11) is 1.76. The molecule has 1 aliphatic heterocycles. The molecule has 0 saturated carbocycles. The van der Waals surface area contributed by atoms with Crippen molar-refractivity contribution >= 4 is 0 Å². The molecule has 1 aromatic rings. The molecular formula is C16H26N2O. The molecule has 3 nitrogen and oxygen atoms in total. The predicted molar refractivity (Wildman–Crippen MR) is 79.7 cm³/mol. The summed E-state index contributed by atoms with van der Waals surface area (Å²) in [5, 5.41) is 3.57. The van der Waals surface area contributed by atoms with Crippen LogP contribution in [-0.4, -0.2) is 37.7 Å². The monoisotopic (exact) mass is 262 g/mol. The Labute approximate surface area is 116 Å². The lowest BCUT2D eigenvalue weighted by atomic mass is 10.0. The van der Waals surface area contributed by atoms with Gasteiger partial charge in [-0.15, -0.1) is 0 Å². The van der Waals surface area contributed by atoms with Crippen LogP contribution in [-0.2, 0) is 6.54 Å². The van der Waals surface area contributed by atoms with Crippen LogP contribution in [0.2, 0.25) is 0 Å². The largest absolute Gasteiger partial charge is 0.496 e. The summed E-state index contributed by atoms with van der Waals surface area (Å²) in [6.07, 6.45) is 2.58. The molecule has 1 N–H and O–H groups in total. The first-order valence-electron chi connectivity index (χ1n) is 7.32. The van der Waals surface area contributed by atoms with Crippen molar-refractivity contribution in [1.29, 1.82) is 0 Å². The molecular weight excluding hydrogens is 236 g/mol. The number of likely N-dealkylation sites (tertiary alicyclic amines) is 1. The van der Waals surface area contributed by atoms with Crippen LogP contribution in [0.5, 0.6) is 5.75 Å². The third-order valence-electron chi connectivity index (χ3n) is 3.83. The van der Waals surface area contributed by atoms with Gasteiger partial charge in [0.25, 0.3) is 0 Å². The molecule has 1 aliphatic rings. The van der Waals surface area contributed by atoms with Gasteiger partial charge < -0.3 is 10.1 Å². The smallest absolute Gasteiger partial charge is 0.123 e. The van der Waals surface area contributed by atoms with Crippen molar-refractivity contribution in [2.45, 2.75) is 39.3 Å². The molecule has 0 amide bonds. The molecule has 0 aromatic heterocycles. The van der Waals surface area contributed by atoms with Crippen LogP contribution < -0.4 is 10.1 Å². The Balaban J connectivity index is 2.01. The number of aryl methyl sites for hydroxylation is 1. The van der Waals surface area contributed by atoms with Gasteiger partial charge in [0.05, 0.1) is 7.11 Å². The number of ether oxygens (including phenoxy) is 1. The zero-order valence-electron chi connectivity index (χ0n) is 12.4. The van der Waals surface area contributed by atoms with Gasteiger partial charge in [0.1, 0.15) is 5.75 Å². The minimum Gasteiger partial charge on any atom is -0.496 e. The van der Waals surface area contributed by atoms with Crippen LogP contribution in [0.4, 0.5) is 0 Å². The Hall–Kier alpha value is -1.06. The summed E-state index contributed by atoms with van der Waals surface area (Å²) in [4.78, 5) is 2.54. The maximum absolute atomic E-state index is 5.47. The molecule has 0 spiro atoms. The molecule has 1 heterocycles. The van der Waals surface area contributed by atoms with Gasteiger partial charge in [0.2, 0.25) is 0 Å². The second-order valence-corrected chi connectivity index (χ2v) is 5.45. The van der Waals surface area contributed by atoms with E-state index in [-0.39, 0.29) is 0 Å². The number of rotatable bonds is 5.